The number of amides is 2. The first kappa shape index (κ1) is 13.5. The fraction of sp³-hybridized carbons (Fsp3) is 0.500. The summed E-state index contributed by atoms with van der Waals surface area (Å²) >= 11 is 0. The number of rotatable bonds is 3. The van der Waals surface area contributed by atoms with Crippen LogP contribution < -0.4 is 5.73 Å². The molecule has 2 saturated heterocycles. The van der Waals surface area contributed by atoms with Gasteiger partial charge in [0.25, 0.3) is 0 Å². The van der Waals surface area contributed by atoms with Crippen molar-refractivity contribution in [2.45, 2.75) is 29.5 Å². The zero-order chi connectivity index (χ0) is 14.6. The Morgan fingerprint density at radius 1 is 1.53 bits per heavy atom. The van der Waals surface area contributed by atoms with Gasteiger partial charge in [0.05, 0.1) is 6.42 Å². The molecule has 2 fully saturated rings. The second-order valence-electron chi connectivity index (χ2n) is 4.67. The van der Waals surface area contributed by atoms with E-state index in [-0.39, 0.29) is 6.42 Å². The number of carboxylic acids is 1. The lowest BCUT2D eigenvalue weighted by atomic mass is 9.96. The first-order valence-corrected chi connectivity index (χ1v) is 6.93. The van der Waals surface area contributed by atoms with E-state index in [0.29, 0.717) is 0 Å². The maximum Gasteiger partial charge on any atom is 0.328 e. The molecule has 104 valence electrons. The van der Waals surface area contributed by atoms with E-state index in [4.69, 9.17) is 5.73 Å². The third-order valence-electron chi connectivity index (χ3n) is 3.55. The number of nitrogens with zero attached hydrogens (tertiary/aromatic N) is 1. The zero-order valence-corrected chi connectivity index (χ0v) is 10.8. The highest BCUT2D eigenvalue weighted by Gasteiger charge is 2.69. The Morgan fingerprint density at radius 2 is 2.11 bits per heavy atom. The van der Waals surface area contributed by atoms with Crippen molar-refractivity contribution in [3.8, 4) is 0 Å². The molecule has 0 aromatic rings. The van der Waals surface area contributed by atoms with Gasteiger partial charge in [-0.25, -0.2) is 13.2 Å². The van der Waals surface area contributed by atoms with Crippen molar-refractivity contribution in [3.63, 3.8) is 0 Å². The highest BCUT2D eigenvalue weighted by molar-refractivity contribution is 7.94. The van der Waals surface area contributed by atoms with E-state index >= 15 is 0 Å². The van der Waals surface area contributed by atoms with E-state index in [9.17, 15) is 27.9 Å². The molecule has 19 heavy (non-hydrogen) atoms. The number of β-lactam (4-membered cyclic amide) rings is 1. The van der Waals surface area contributed by atoms with Crippen LogP contribution in [-0.4, -0.2) is 52.4 Å². The second kappa shape index (κ2) is 3.80. The molecule has 2 rings (SSSR count). The molecule has 3 atom stereocenters. The Labute approximate surface area is 108 Å². The van der Waals surface area contributed by atoms with Crippen LogP contribution in [-0.2, 0) is 24.2 Å². The summed E-state index contributed by atoms with van der Waals surface area (Å²) in [5.41, 5.74) is 4.90. The van der Waals surface area contributed by atoms with Crippen molar-refractivity contribution >= 4 is 27.6 Å². The van der Waals surface area contributed by atoms with Crippen molar-refractivity contribution in [2.24, 2.45) is 5.73 Å². The average Bonchev–Trinajstić information content (AvgIpc) is 2.41. The Morgan fingerprint density at radius 3 is 2.53 bits per heavy atom. The Bertz CT molecular complexity index is 610. The van der Waals surface area contributed by atoms with Gasteiger partial charge in [-0.2, -0.15) is 0 Å². The van der Waals surface area contributed by atoms with Gasteiger partial charge in [-0.05, 0) is 6.92 Å². The molecule has 0 aromatic heterocycles. The standard InChI is InChI=1S/C10H12N2O6S/c1-10(3-2-5(11)13)8(9(15)16)12-6(14)4-7(12)19(10,17)18/h2-3,7-8H,4H2,1H3,(H2,11,13)(H,15,16)/b3-2+/t7-,8+,10+/m1/s1. The van der Waals surface area contributed by atoms with Gasteiger partial charge >= 0.3 is 5.97 Å². The maximum atomic E-state index is 12.3. The highest BCUT2D eigenvalue weighted by atomic mass is 32.2. The number of carbonyl (C=O) groups is 3. The van der Waals surface area contributed by atoms with Crippen LogP contribution in [0, 0.1) is 0 Å². The van der Waals surface area contributed by atoms with Crippen molar-refractivity contribution in [1.82, 2.24) is 4.90 Å². The molecule has 3 N–H and O–H groups in total. The van der Waals surface area contributed by atoms with Crippen LogP contribution in [0.3, 0.4) is 0 Å². The van der Waals surface area contributed by atoms with Gasteiger partial charge in [0.15, 0.2) is 15.9 Å². The van der Waals surface area contributed by atoms with Crippen molar-refractivity contribution in [2.75, 3.05) is 0 Å². The molecular weight excluding hydrogens is 276 g/mol. The molecule has 2 aliphatic heterocycles. The molecule has 0 aliphatic carbocycles. The average molecular weight is 288 g/mol. The van der Waals surface area contributed by atoms with Crippen LogP contribution >= 0.6 is 0 Å². The van der Waals surface area contributed by atoms with E-state index < -0.39 is 43.8 Å². The van der Waals surface area contributed by atoms with Crippen LogP contribution in [0.25, 0.3) is 0 Å². The van der Waals surface area contributed by atoms with Gasteiger partial charge in [-0.3, -0.25) is 9.59 Å². The summed E-state index contributed by atoms with van der Waals surface area (Å²) in [6.45, 7) is 1.17. The lowest BCUT2D eigenvalue weighted by Gasteiger charge is -2.35. The fourth-order valence-electron chi connectivity index (χ4n) is 2.49. The Kier molecular flexibility index (Phi) is 2.70. The normalized spacial score (nSPS) is 36.1. The smallest absolute Gasteiger partial charge is 0.328 e. The maximum absolute atomic E-state index is 12.3. The largest absolute Gasteiger partial charge is 0.480 e. The Balaban J connectivity index is 2.58. The number of aliphatic carboxylic acids is 1. The zero-order valence-electron chi connectivity index (χ0n) is 9.94. The number of carbonyl (C=O) groups excluding carboxylic acids is 2. The van der Waals surface area contributed by atoms with E-state index in [1.54, 1.807) is 0 Å². The molecule has 2 aliphatic rings. The van der Waals surface area contributed by atoms with Gasteiger partial charge in [0.1, 0.15) is 10.1 Å². The molecule has 0 spiro atoms. The summed E-state index contributed by atoms with van der Waals surface area (Å²) in [5, 5.41) is 8.04. The number of fused-ring (bicyclic) bond motifs is 1. The van der Waals surface area contributed by atoms with E-state index in [1.165, 1.54) is 6.92 Å². The summed E-state index contributed by atoms with van der Waals surface area (Å²) in [6.07, 6.45) is 1.53. The summed E-state index contributed by atoms with van der Waals surface area (Å²) in [4.78, 5) is 34.3. The number of hydrogen-bond acceptors (Lipinski definition) is 5. The van der Waals surface area contributed by atoms with Crippen LogP contribution in [0.1, 0.15) is 13.3 Å². The van der Waals surface area contributed by atoms with E-state index in [0.717, 1.165) is 17.1 Å². The summed E-state index contributed by atoms with van der Waals surface area (Å²) in [5.74, 6) is -2.85. The molecule has 0 aromatic carbocycles. The molecule has 0 saturated carbocycles. The molecule has 0 unspecified atom stereocenters. The third-order valence-corrected chi connectivity index (χ3v) is 6.25. The molecule has 0 radical (unpaired) electrons. The van der Waals surface area contributed by atoms with Crippen LogP contribution in [0.2, 0.25) is 0 Å². The van der Waals surface area contributed by atoms with Gasteiger partial charge in [0, 0.05) is 6.08 Å². The molecule has 2 amide bonds. The van der Waals surface area contributed by atoms with Gasteiger partial charge in [-0.1, -0.05) is 6.08 Å². The van der Waals surface area contributed by atoms with Crippen molar-refractivity contribution in [1.29, 1.82) is 0 Å². The van der Waals surface area contributed by atoms with Crippen LogP contribution in [0.5, 0.6) is 0 Å². The number of primary amides is 1. The first-order chi connectivity index (χ1) is 8.63. The predicted octanol–water partition coefficient (Wildman–Crippen LogP) is -1.77. The number of nitrogens with two attached hydrogens (primary N) is 1. The first-order valence-electron chi connectivity index (χ1n) is 5.39. The van der Waals surface area contributed by atoms with E-state index in [2.05, 4.69) is 0 Å². The van der Waals surface area contributed by atoms with Crippen LogP contribution in [0.15, 0.2) is 12.2 Å². The Hall–Kier alpha value is -1.90. The number of hydrogen-bond donors (Lipinski definition) is 2. The minimum absolute atomic E-state index is 0.230. The topological polar surface area (TPSA) is 135 Å². The van der Waals surface area contributed by atoms with Crippen molar-refractivity contribution < 1.29 is 27.9 Å². The minimum atomic E-state index is -3.92. The number of carboxylic acid groups (broad SMARTS) is 1. The summed E-state index contributed by atoms with van der Waals surface area (Å²) < 4.78 is 22.7. The molecule has 0 bridgehead atoms. The summed E-state index contributed by atoms with van der Waals surface area (Å²) in [7, 11) is -3.92. The van der Waals surface area contributed by atoms with Gasteiger partial charge < -0.3 is 15.7 Å². The quantitative estimate of drug-likeness (QED) is 0.466. The minimum Gasteiger partial charge on any atom is -0.480 e. The van der Waals surface area contributed by atoms with Gasteiger partial charge in [0.2, 0.25) is 11.8 Å². The molecular formula is C10H12N2O6S. The predicted molar refractivity (Wildman–Crippen MR) is 62.3 cm³/mol. The number of sulfone groups is 1. The lowest BCUT2D eigenvalue weighted by Crippen LogP contribution is -2.57. The fourth-order valence-corrected chi connectivity index (χ4v) is 4.76. The van der Waals surface area contributed by atoms with Gasteiger partial charge in [-0.15, -0.1) is 0 Å². The molecule has 8 nitrogen and oxygen atoms in total. The highest BCUT2D eigenvalue weighted by Crippen LogP contribution is 2.46. The summed E-state index contributed by atoms with van der Waals surface area (Å²) in [6, 6.07) is -1.54. The third kappa shape index (κ3) is 1.57. The SMILES string of the molecule is C[C@]1(/C=C/C(N)=O)[C@H](C(=O)O)N2C(=O)C[C@H]2S1(=O)=O. The van der Waals surface area contributed by atoms with Crippen molar-refractivity contribution in [3.05, 3.63) is 12.2 Å². The molecule has 9 heteroatoms. The lowest BCUT2D eigenvalue weighted by molar-refractivity contribution is -0.157. The second-order valence-corrected chi connectivity index (χ2v) is 7.18. The monoisotopic (exact) mass is 288 g/mol. The van der Waals surface area contributed by atoms with Crippen LogP contribution in [0.4, 0.5) is 0 Å². The molecule has 2 heterocycles. The van der Waals surface area contributed by atoms with E-state index in [1.807, 2.05) is 0 Å².